The first-order valence-electron chi connectivity index (χ1n) is 6.41. The van der Waals surface area contributed by atoms with Gasteiger partial charge in [-0.15, -0.1) is 11.3 Å². The molecule has 2 N–H and O–H groups in total. The lowest BCUT2D eigenvalue weighted by Crippen LogP contribution is -2.37. The molecule has 1 aliphatic rings. The highest BCUT2D eigenvalue weighted by Crippen LogP contribution is 2.23. The molecule has 20 heavy (non-hydrogen) atoms. The molecular formula is C13H17N3O3S. The first-order valence-corrected chi connectivity index (χ1v) is 7.23. The van der Waals surface area contributed by atoms with Crippen LogP contribution in [-0.4, -0.2) is 40.0 Å². The summed E-state index contributed by atoms with van der Waals surface area (Å²) in [6, 6.07) is 0. The number of hydrogen-bond acceptors (Lipinski definition) is 5. The van der Waals surface area contributed by atoms with Crippen LogP contribution in [0.5, 0.6) is 0 Å². The Morgan fingerprint density at radius 3 is 3.15 bits per heavy atom. The molecular weight excluding hydrogens is 278 g/mol. The predicted molar refractivity (Wildman–Crippen MR) is 76.6 cm³/mol. The van der Waals surface area contributed by atoms with Crippen LogP contribution in [0.15, 0.2) is 18.9 Å². The molecule has 1 atom stereocenters. The summed E-state index contributed by atoms with van der Waals surface area (Å²) < 4.78 is 0. The largest absolute Gasteiger partial charge is 0.481 e. The zero-order valence-electron chi connectivity index (χ0n) is 11.0. The van der Waals surface area contributed by atoms with E-state index in [0.29, 0.717) is 18.2 Å². The minimum atomic E-state index is -0.724. The van der Waals surface area contributed by atoms with Gasteiger partial charge >= 0.3 is 5.97 Å². The van der Waals surface area contributed by atoms with Gasteiger partial charge in [-0.1, -0.05) is 6.58 Å². The normalized spacial score (nSPS) is 19.5. The number of piperidine rings is 1. The number of likely N-dealkylation sites (tertiary alicyclic amines) is 1. The number of carboxylic acid groups (broad SMARTS) is 1. The molecule has 0 aromatic carbocycles. The van der Waals surface area contributed by atoms with Crippen LogP contribution < -0.4 is 5.32 Å². The van der Waals surface area contributed by atoms with E-state index in [1.165, 1.54) is 17.4 Å². The molecule has 1 fully saturated rings. The van der Waals surface area contributed by atoms with Crippen LogP contribution in [0.1, 0.15) is 17.7 Å². The number of carboxylic acids is 1. The lowest BCUT2D eigenvalue weighted by molar-refractivity contribution is -0.143. The summed E-state index contributed by atoms with van der Waals surface area (Å²) in [5.74, 6) is -1.29. The first kappa shape index (κ1) is 14.7. The molecule has 1 aromatic rings. The van der Waals surface area contributed by atoms with Crippen LogP contribution in [0.25, 0.3) is 0 Å². The third-order valence-corrected chi connectivity index (χ3v) is 4.10. The summed E-state index contributed by atoms with van der Waals surface area (Å²) in [7, 11) is 0. The van der Waals surface area contributed by atoms with Crippen molar-refractivity contribution in [2.24, 2.45) is 5.92 Å². The third kappa shape index (κ3) is 3.88. The van der Waals surface area contributed by atoms with Crippen molar-refractivity contribution in [1.82, 2.24) is 9.88 Å². The summed E-state index contributed by atoms with van der Waals surface area (Å²) in [6.45, 7) is 5.52. The Kier molecular flexibility index (Phi) is 4.86. The molecule has 7 heteroatoms. The van der Waals surface area contributed by atoms with Crippen LogP contribution in [0, 0.1) is 5.92 Å². The van der Waals surface area contributed by atoms with Gasteiger partial charge in [0.15, 0.2) is 5.13 Å². The number of aliphatic carboxylic acids is 1. The maximum atomic E-state index is 11.2. The van der Waals surface area contributed by atoms with E-state index in [4.69, 9.17) is 5.11 Å². The molecule has 1 amide bonds. The summed E-state index contributed by atoms with van der Waals surface area (Å²) in [6.07, 6.45) is 4.56. The highest BCUT2D eigenvalue weighted by Gasteiger charge is 2.25. The van der Waals surface area contributed by atoms with E-state index in [9.17, 15) is 9.59 Å². The molecule has 108 valence electrons. The predicted octanol–water partition coefficient (Wildman–Crippen LogP) is 1.56. The average Bonchev–Trinajstić information content (AvgIpc) is 2.86. The summed E-state index contributed by atoms with van der Waals surface area (Å²) in [5.41, 5.74) is 0. The average molecular weight is 295 g/mol. The van der Waals surface area contributed by atoms with Crippen LogP contribution >= 0.6 is 11.3 Å². The maximum absolute atomic E-state index is 11.2. The minimum Gasteiger partial charge on any atom is -0.481 e. The topological polar surface area (TPSA) is 82.5 Å². The van der Waals surface area contributed by atoms with Crippen molar-refractivity contribution in [1.29, 1.82) is 0 Å². The molecule has 1 saturated heterocycles. The standard InChI is InChI=1S/C13H17N3O3S/c1-2-11(17)15-13-14-6-10(20-13)8-16-5-3-4-9(7-16)12(18)19/h2,6,9H,1,3-5,7-8H2,(H,18,19)(H,14,15,17). The Balaban J connectivity index is 1.91. The molecule has 0 bridgehead atoms. The van der Waals surface area contributed by atoms with E-state index in [1.807, 2.05) is 0 Å². The first-order chi connectivity index (χ1) is 9.58. The van der Waals surface area contributed by atoms with Crippen molar-refractivity contribution in [3.63, 3.8) is 0 Å². The van der Waals surface area contributed by atoms with Crippen molar-refractivity contribution in [2.75, 3.05) is 18.4 Å². The van der Waals surface area contributed by atoms with Crippen molar-refractivity contribution >= 4 is 28.3 Å². The summed E-state index contributed by atoms with van der Waals surface area (Å²) in [4.78, 5) is 29.4. The van der Waals surface area contributed by atoms with Crippen molar-refractivity contribution < 1.29 is 14.7 Å². The Bertz CT molecular complexity index is 515. The second-order valence-electron chi connectivity index (χ2n) is 4.74. The van der Waals surface area contributed by atoms with E-state index in [1.54, 1.807) is 6.20 Å². The van der Waals surface area contributed by atoms with Gasteiger partial charge in [0.05, 0.1) is 5.92 Å². The second kappa shape index (κ2) is 6.62. The summed E-state index contributed by atoms with van der Waals surface area (Å²) >= 11 is 1.40. The maximum Gasteiger partial charge on any atom is 0.307 e. The number of aromatic nitrogens is 1. The fourth-order valence-electron chi connectivity index (χ4n) is 2.22. The van der Waals surface area contributed by atoms with Gasteiger partial charge in [0.25, 0.3) is 0 Å². The van der Waals surface area contributed by atoms with E-state index in [2.05, 4.69) is 21.8 Å². The zero-order chi connectivity index (χ0) is 14.5. The number of thiazole rings is 1. The zero-order valence-corrected chi connectivity index (χ0v) is 11.9. The number of hydrogen-bond donors (Lipinski definition) is 2. The number of nitrogens with zero attached hydrogens (tertiary/aromatic N) is 2. The van der Waals surface area contributed by atoms with Crippen LogP contribution in [0.3, 0.4) is 0 Å². The van der Waals surface area contributed by atoms with Gasteiger partial charge in [0.2, 0.25) is 5.91 Å². The third-order valence-electron chi connectivity index (χ3n) is 3.20. The molecule has 1 unspecified atom stereocenters. The smallest absolute Gasteiger partial charge is 0.307 e. The Labute approximate surface area is 121 Å². The lowest BCUT2D eigenvalue weighted by atomic mass is 9.98. The SMILES string of the molecule is C=CC(=O)Nc1ncc(CN2CCCC(C(=O)O)C2)s1. The highest BCUT2D eigenvalue weighted by atomic mass is 32.1. The number of anilines is 1. The van der Waals surface area contributed by atoms with Gasteiger partial charge in [-0.25, -0.2) is 4.98 Å². The molecule has 1 aromatic heterocycles. The Hall–Kier alpha value is -1.73. The molecule has 1 aliphatic heterocycles. The van der Waals surface area contributed by atoms with Gasteiger partial charge in [0, 0.05) is 24.2 Å². The number of rotatable bonds is 5. The molecule has 0 spiro atoms. The van der Waals surface area contributed by atoms with E-state index in [0.717, 1.165) is 24.3 Å². The number of nitrogens with one attached hydrogen (secondary N) is 1. The lowest BCUT2D eigenvalue weighted by Gasteiger charge is -2.29. The van der Waals surface area contributed by atoms with Gasteiger partial charge in [-0.3, -0.25) is 19.8 Å². The van der Waals surface area contributed by atoms with Crippen LogP contribution in [0.2, 0.25) is 0 Å². The molecule has 0 saturated carbocycles. The Morgan fingerprint density at radius 2 is 2.45 bits per heavy atom. The van der Waals surface area contributed by atoms with Gasteiger partial charge in [-0.2, -0.15) is 0 Å². The molecule has 6 nitrogen and oxygen atoms in total. The second-order valence-corrected chi connectivity index (χ2v) is 5.85. The van der Waals surface area contributed by atoms with E-state index < -0.39 is 5.97 Å². The number of carbonyl (C=O) groups excluding carboxylic acids is 1. The van der Waals surface area contributed by atoms with E-state index >= 15 is 0 Å². The molecule has 2 heterocycles. The quantitative estimate of drug-likeness (QED) is 0.806. The molecule has 0 aliphatic carbocycles. The van der Waals surface area contributed by atoms with Crippen molar-refractivity contribution in [3.8, 4) is 0 Å². The van der Waals surface area contributed by atoms with Gasteiger partial charge in [-0.05, 0) is 25.5 Å². The number of carbonyl (C=O) groups is 2. The molecule has 2 rings (SSSR count). The summed E-state index contributed by atoms with van der Waals surface area (Å²) in [5, 5.41) is 12.2. The van der Waals surface area contributed by atoms with Gasteiger partial charge in [0.1, 0.15) is 0 Å². The molecule has 0 radical (unpaired) electrons. The minimum absolute atomic E-state index is 0.281. The van der Waals surface area contributed by atoms with Crippen LogP contribution in [0.4, 0.5) is 5.13 Å². The monoisotopic (exact) mass is 295 g/mol. The fraction of sp³-hybridized carbons (Fsp3) is 0.462. The van der Waals surface area contributed by atoms with Crippen molar-refractivity contribution in [3.05, 3.63) is 23.7 Å². The van der Waals surface area contributed by atoms with Gasteiger partial charge < -0.3 is 5.11 Å². The highest BCUT2D eigenvalue weighted by molar-refractivity contribution is 7.15. The Morgan fingerprint density at radius 1 is 1.65 bits per heavy atom. The number of amides is 1. The van der Waals surface area contributed by atoms with Crippen molar-refractivity contribution in [2.45, 2.75) is 19.4 Å². The van der Waals surface area contributed by atoms with E-state index in [-0.39, 0.29) is 11.8 Å². The van der Waals surface area contributed by atoms with Crippen LogP contribution in [-0.2, 0) is 16.1 Å². The fourth-order valence-corrected chi connectivity index (χ4v) is 3.07.